The number of nitrogens with zero attached hydrogens (tertiary/aromatic N) is 1. The van der Waals surface area contributed by atoms with Crippen molar-refractivity contribution in [3.05, 3.63) is 0 Å². The molecule has 0 aromatic heterocycles. The van der Waals surface area contributed by atoms with Crippen LogP contribution in [-0.4, -0.2) is 35.4 Å². The summed E-state index contributed by atoms with van der Waals surface area (Å²) in [5.74, 6) is -1.33. The normalized spacial score (nSPS) is 20.4. The predicted molar refractivity (Wildman–Crippen MR) is 38.4 cm³/mol. The van der Waals surface area contributed by atoms with Crippen LogP contribution in [0.25, 0.3) is 0 Å². The van der Waals surface area contributed by atoms with Crippen LogP contribution >= 0.6 is 0 Å². The Bertz CT molecular complexity index is 196. The number of likely N-dealkylation sites (tertiary alicyclic amines) is 1. The number of rotatable bonds is 0. The Morgan fingerprint density at radius 3 is 2.08 bits per heavy atom. The molecule has 0 spiro atoms. The van der Waals surface area contributed by atoms with Crippen molar-refractivity contribution in [2.75, 3.05) is 13.1 Å². The maximum absolute atomic E-state index is 12.1. The van der Waals surface area contributed by atoms with Gasteiger partial charge in [-0.15, -0.1) is 0 Å². The van der Waals surface area contributed by atoms with E-state index >= 15 is 0 Å². The molecule has 0 bridgehead atoms. The van der Waals surface area contributed by atoms with E-state index in [1.54, 1.807) is 0 Å². The molecule has 0 unspecified atom stereocenters. The fraction of sp³-hybridized carbons (Fsp3) is 0.857. The van der Waals surface area contributed by atoms with Crippen molar-refractivity contribution in [2.45, 2.75) is 19.0 Å². The highest BCUT2D eigenvalue weighted by molar-refractivity contribution is 5.64. The lowest BCUT2D eigenvalue weighted by atomic mass is 9.97. The zero-order chi connectivity index (χ0) is 10.1. The Morgan fingerprint density at radius 1 is 1.31 bits per heavy atom. The molecule has 0 aromatic carbocycles. The molecule has 76 valence electrons. The minimum absolute atomic E-state index is 0.0144. The molecule has 1 N–H and O–H groups in total. The molecule has 0 atom stereocenters. The largest absolute Gasteiger partial charge is 0.465 e. The molecule has 0 radical (unpaired) electrons. The number of hydrogen-bond acceptors (Lipinski definition) is 1. The van der Waals surface area contributed by atoms with Crippen LogP contribution in [0.2, 0.25) is 0 Å². The third-order valence-electron chi connectivity index (χ3n) is 2.23. The Labute approximate surface area is 73.1 Å². The summed E-state index contributed by atoms with van der Waals surface area (Å²) in [6.45, 7) is -0.0288. The van der Waals surface area contributed by atoms with E-state index in [9.17, 15) is 18.0 Å². The van der Waals surface area contributed by atoms with Crippen molar-refractivity contribution in [3.63, 3.8) is 0 Å². The molecule has 1 heterocycles. The number of amides is 1. The minimum atomic E-state index is -4.18. The lowest BCUT2D eigenvalue weighted by Crippen LogP contribution is -2.41. The van der Waals surface area contributed by atoms with Gasteiger partial charge in [-0.1, -0.05) is 0 Å². The summed E-state index contributed by atoms with van der Waals surface area (Å²) in [5.41, 5.74) is 0. The van der Waals surface area contributed by atoms with Gasteiger partial charge in [0.1, 0.15) is 0 Å². The van der Waals surface area contributed by atoms with Gasteiger partial charge in [-0.25, -0.2) is 4.79 Å². The fourth-order valence-electron chi connectivity index (χ4n) is 1.40. The molecule has 13 heavy (non-hydrogen) atoms. The third-order valence-corrected chi connectivity index (χ3v) is 2.23. The SMILES string of the molecule is O=C(O)N1CCC(C(F)(F)F)CC1. The first-order chi connectivity index (χ1) is 5.91. The van der Waals surface area contributed by atoms with Crippen LogP contribution in [0.5, 0.6) is 0 Å². The van der Waals surface area contributed by atoms with E-state index in [0.717, 1.165) is 4.90 Å². The molecule has 1 rings (SSSR count). The number of halogens is 3. The molecular weight excluding hydrogens is 187 g/mol. The van der Waals surface area contributed by atoms with Gasteiger partial charge in [-0.3, -0.25) is 0 Å². The fourth-order valence-corrected chi connectivity index (χ4v) is 1.40. The van der Waals surface area contributed by atoms with E-state index in [-0.39, 0.29) is 25.9 Å². The van der Waals surface area contributed by atoms with Gasteiger partial charge < -0.3 is 10.0 Å². The van der Waals surface area contributed by atoms with Crippen molar-refractivity contribution < 1.29 is 23.1 Å². The van der Waals surface area contributed by atoms with Crippen LogP contribution in [0, 0.1) is 5.92 Å². The summed E-state index contributed by atoms with van der Waals surface area (Å²) in [4.78, 5) is 11.4. The Morgan fingerprint density at radius 2 is 1.77 bits per heavy atom. The van der Waals surface area contributed by atoms with Gasteiger partial charge >= 0.3 is 12.3 Å². The van der Waals surface area contributed by atoms with E-state index in [1.807, 2.05) is 0 Å². The van der Waals surface area contributed by atoms with Crippen LogP contribution in [0.4, 0.5) is 18.0 Å². The topological polar surface area (TPSA) is 40.5 Å². The lowest BCUT2D eigenvalue weighted by Gasteiger charge is -2.30. The number of hydrogen-bond donors (Lipinski definition) is 1. The lowest BCUT2D eigenvalue weighted by molar-refractivity contribution is -0.184. The van der Waals surface area contributed by atoms with Gasteiger partial charge in [-0.05, 0) is 12.8 Å². The summed E-state index contributed by atoms with van der Waals surface area (Å²) in [6, 6.07) is 0. The molecule has 1 aliphatic rings. The van der Waals surface area contributed by atoms with Crippen LogP contribution < -0.4 is 0 Å². The maximum Gasteiger partial charge on any atom is 0.407 e. The van der Waals surface area contributed by atoms with E-state index in [1.165, 1.54) is 0 Å². The number of piperidine rings is 1. The third kappa shape index (κ3) is 2.50. The molecule has 6 heteroatoms. The maximum atomic E-state index is 12.1. The van der Waals surface area contributed by atoms with Gasteiger partial charge in [0.2, 0.25) is 0 Å². The van der Waals surface area contributed by atoms with Crippen molar-refractivity contribution in [2.24, 2.45) is 5.92 Å². The Kier molecular flexibility index (Phi) is 2.68. The van der Waals surface area contributed by atoms with Crippen LogP contribution in [0.1, 0.15) is 12.8 Å². The van der Waals surface area contributed by atoms with Crippen LogP contribution in [0.15, 0.2) is 0 Å². The zero-order valence-corrected chi connectivity index (χ0v) is 6.84. The van der Waals surface area contributed by atoms with E-state index in [0.29, 0.717) is 0 Å². The van der Waals surface area contributed by atoms with Crippen molar-refractivity contribution >= 4 is 6.09 Å². The Balaban J connectivity index is 2.44. The van der Waals surface area contributed by atoms with Gasteiger partial charge in [-0.2, -0.15) is 13.2 Å². The van der Waals surface area contributed by atoms with Gasteiger partial charge in [0.25, 0.3) is 0 Å². The average Bonchev–Trinajstić information content (AvgIpc) is 2.03. The van der Waals surface area contributed by atoms with Crippen molar-refractivity contribution in [1.29, 1.82) is 0 Å². The second-order valence-corrected chi connectivity index (χ2v) is 3.09. The first-order valence-electron chi connectivity index (χ1n) is 3.96. The molecule has 1 aliphatic heterocycles. The summed E-state index contributed by atoms with van der Waals surface area (Å²) in [6.07, 6.45) is -5.54. The van der Waals surface area contributed by atoms with E-state index in [4.69, 9.17) is 5.11 Å². The summed E-state index contributed by atoms with van der Waals surface area (Å²) in [5, 5.41) is 8.47. The average molecular weight is 197 g/mol. The van der Waals surface area contributed by atoms with Crippen LogP contribution in [0.3, 0.4) is 0 Å². The number of alkyl halides is 3. The molecular formula is C7H10F3NO2. The zero-order valence-electron chi connectivity index (χ0n) is 6.84. The molecule has 1 amide bonds. The smallest absolute Gasteiger partial charge is 0.407 e. The predicted octanol–water partition coefficient (Wildman–Crippen LogP) is 1.94. The molecule has 3 nitrogen and oxygen atoms in total. The summed E-state index contributed by atoms with van der Waals surface area (Å²) in [7, 11) is 0. The number of carbonyl (C=O) groups is 1. The molecule has 1 saturated heterocycles. The molecule has 0 aromatic rings. The second kappa shape index (κ2) is 3.43. The highest BCUT2D eigenvalue weighted by atomic mass is 19.4. The minimum Gasteiger partial charge on any atom is -0.465 e. The highest BCUT2D eigenvalue weighted by Crippen LogP contribution is 2.33. The van der Waals surface area contributed by atoms with Crippen molar-refractivity contribution in [1.82, 2.24) is 4.90 Å². The molecule has 0 aliphatic carbocycles. The summed E-state index contributed by atoms with van der Waals surface area (Å²) < 4.78 is 36.3. The monoisotopic (exact) mass is 197 g/mol. The number of carboxylic acid groups (broad SMARTS) is 1. The highest BCUT2D eigenvalue weighted by Gasteiger charge is 2.41. The molecule has 1 fully saturated rings. The van der Waals surface area contributed by atoms with Gasteiger partial charge in [0.05, 0.1) is 5.92 Å². The summed E-state index contributed by atoms with van der Waals surface area (Å²) >= 11 is 0. The van der Waals surface area contributed by atoms with E-state index in [2.05, 4.69) is 0 Å². The first-order valence-corrected chi connectivity index (χ1v) is 3.96. The molecule has 0 saturated carbocycles. The van der Waals surface area contributed by atoms with Crippen LogP contribution in [-0.2, 0) is 0 Å². The quantitative estimate of drug-likeness (QED) is 0.644. The Hall–Kier alpha value is -0.940. The second-order valence-electron chi connectivity index (χ2n) is 3.09. The standard InChI is InChI=1S/C7H10F3NO2/c8-7(9,10)5-1-3-11(4-2-5)6(12)13/h5H,1-4H2,(H,12,13). The van der Waals surface area contributed by atoms with E-state index < -0.39 is 18.2 Å². The van der Waals surface area contributed by atoms with Crippen molar-refractivity contribution in [3.8, 4) is 0 Å². The van der Waals surface area contributed by atoms with Gasteiger partial charge in [0.15, 0.2) is 0 Å². The van der Waals surface area contributed by atoms with Gasteiger partial charge in [0, 0.05) is 13.1 Å². The first kappa shape index (κ1) is 10.1.